The molecule has 3 aromatic rings. The molecule has 0 saturated carbocycles. The van der Waals surface area contributed by atoms with Crippen molar-refractivity contribution >= 4 is 45.6 Å². The summed E-state index contributed by atoms with van der Waals surface area (Å²) in [4.78, 5) is 16.3. The Morgan fingerprint density at radius 1 is 1.22 bits per heavy atom. The van der Waals surface area contributed by atoms with Crippen LogP contribution in [0.2, 0.25) is 10.0 Å². The van der Waals surface area contributed by atoms with Crippen LogP contribution in [0.1, 0.15) is 0 Å². The van der Waals surface area contributed by atoms with E-state index in [0.29, 0.717) is 32.2 Å². The number of halogens is 3. The number of nitrogens with zero attached hydrogens (tertiary/aromatic N) is 1. The Hall–Kier alpha value is -2.35. The lowest BCUT2D eigenvalue weighted by Crippen LogP contribution is -2.20. The van der Waals surface area contributed by atoms with Gasteiger partial charge >= 0.3 is 0 Å². The van der Waals surface area contributed by atoms with Crippen molar-refractivity contribution in [2.75, 3.05) is 19.0 Å². The SMILES string of the molecule is COc1ccc(-c2csc(NC(=O)COc3ccc(Cl)cc3Cl)n2)cc1F. The molecule has 1 amide bonds. The summed E-state index contributed by atoms with van der Waals surface area (Å²) in [6.07, 6.45) is 0. The summed E-state index contributed by atoms with van der Waals surface area (Å²) in [5, 5.41) is 5.50. The van der Waals surface area contributed by atoms with Gasteiger partial charge in [0.15, 0.2) is 23.3 Å². The van der Waals surface area contributed by atoms with E-state index < -0.39 is 11.7 Å². The van der Waals surface area contributed by atoms with Gasteiger partial charge < -0.3 is 9.47 Å². The lowest BCUT2D eigenvalue weighted by atomic mass is 10.1. The second kappa shape index (κ2) is 8.56. The fourth-order valence-electron chi connectivity index (χ4n) is 2.18. The Labute approximate surface area is 168 Å². The highest BCUT2D eigenvalue weighted by Gasteiger charge is 2.12. The quantitative estimate of drug-likeness (QED) is 0.582. The predicted octanol–water partition coefficient (Wildman–Crippen LogP) is 5.28. The third-order valence-corrected chi connectivity index (χ3v) is 4.74. The summed E-state index contributed by atoms with van der Waals surface area (Å²) in [5.74, 6) is -0.380. The Morgan fingerprint density at radius 3 is 2.70 bits per heavy atom. The predicted molar refractivity (Wildman–Crippen MR) is 105 cm³/mol. The van der Waals surface area contributed by atoms with Gasteiger partial charge in [0, 0.05) is 16.0 Å². The summed E-state index contributed by atoms with van der Waals surface area (Å²) in [7, 11) is 1.40. The van der Waals surface area contributed by atoms with Crippen LogP contribution in [-0.4, -0.2) is 24.6 Å². The first-order valence-electron chi connectivity index (χ1n) is 7.63. The van der Waals surface area contributed by atoms with Crippen LogP contribution in [0.25, 0.3) is 11.3 Å². The van der Waals surface area contributed by atoms with E-state index in [1.54, 1.807) is 23.6 Å². The molecule has 1 aromatic heterocycles. The number of carbonyl (C=O) groups is 1. The second-order valence-electron chi connectivity index (χ2n) is 5.30. The molecule has 0 bridgehead atoms. The van der Waals surface area contributed by atoms with Crippen molar-refractivity contribution in [3.05, 3.63) is 57.6 Å². The zero-order chi connectivity index (χ0) is 19.4. The van der Waals surface area contributed by atoms with Gasteiger partial charge in [-0.3, -0.25) is 10.1 Å². The Morgan fingerprint density at radius 2 is 2.00 bits per heavy atom. The molecule has 0 spiro atoms. The number of methoxy groups -OCH3 is 1. The molecule has 0 radical (unpaired) electrons. The Balaban J connectivity index is 1.61. The third-order valence-electron chi connectivity index (χ3n) is 3.45. The fourth-order valence-corrected chi connectivity index (χ4v) is 3.38. The van der Waals surface area contributed by atoms with E-state index in [1.165, 1.54) is 36.6 Å². The summed E-state index contributed by atoms with van der Waals surface area (Å²) in [6.45, 7) is -0.243. The number of benzene rings is 2. The average molecular weight is 427 g/mol. The molecule has 1 N–H and O–H groups in total. The van der Waals surface area contributed by atoms with Gasteiger partial charge in [-0.05, 0) is 36.4 Å². The van der Waals surface area contributed by atoms with E-state index in [9.17, 15) is 9.18 Å². The summed E-state index contributed by atoms with van der Waals surface area (Å²) in [5.41, 5.74) is 1.12. The number of rotatable bonds is 6. The number of hydrogen-bond acceptors (Lipinski definition) is 5. The Kier molecular flexibility index (Phi) is 6.15. The number of thiazole rings is 1. The first kappa shape index (κ1) is 19.4. The van der Waals surface area contributed by atoms with Crippen molar-refractivity contribution in [2.45, 2.75) is 0 Å². The van der Waals surface area contributed by atoms with Gasteiger partial charge in [0.2, 0.25) is 0 Å². The largest absolute Gasteiger partial charge is 0.494 e. The maximum absolute atomic E-state index is 13.8. The summed E-state index contributed by atoms with van der Waals surface area (Å²) >= 11 is 13.0. The molecule has 0 fully saturated rings. The molecule has 140 valence electrons. The molecule has 0 unspecified atom stereocenters. The topological polar surface area (TPSA) is 60.5 Å². The Bertz CT molecular complexity index is 981. The van der Waals surface area contributed by atoms with Crippen LogP contribution < -0.4 is 14.8 Å². The van der Waals surface area contributed by atoms with Gasteiger partial charge in [-0.25, -0.2) is 9.37 Å². The molecular weight excluding hydrogens is 414 g/mol. The van der Waals surface area contributed by atoms with E-state index in [4.69, 9.17) is 32.7 Å². The number of anilines is 1. The van der Waals surface area contributed by atoms with Crippen molar-refractivity contribution in [3.8, 4) is 22.8 Å². The van der Waals surface area contributed by atoms with Crippen LogP contribution in [0.3, 0.4) is 0 Å². The van der Waals surface area contributed by atoms with Crippen LogP contribution >= 0.6 is 34.5 Å². The number of aromatic nitrogens is 1. The van der Waals surface area contributed by atoms with Crippen molar-refractivity contribution in [2.24, 2.45) is 0 Å². The highest BCUT2D eigenvalue weighted by Crippen LogP contribution is 2.29. The summed E-state index contributed by atoms with van der Waals surface area (Å²) in [6, 6.07) is 9.25. The number of hydrogen-bond donors (Lipinski definition) is 1. The molecule has 27 heavy (non-hydrogen) atoms. The van der Waals surface area contributed by atoms with Crippen molar-refractivity contribution in [1.29, 1.82) is 0 Å². The molecular formula is C18H13Cl2FN2O3S. The van der Waals surface area contributed by atoms with Crippen molar-refractivity contribution < 1.29 is 18.7 Å². The average Bonchev–Trinajstić information content (AvgIpc) is 3.09. The van der Waals surface area contributed by atoms with E-state index in [1.807, 2.05) is 0 Å². The van der Waals surface area contributed by atoms with Crippen LogP contribution in [-0.2, 0) is 4.79 Å². The third kappa shape index (κ3) is 4.88. The van der Waals surface area contributed by atoms with Crippen LogP contribution in [0.5, 0.6) is 11.5 Å². The first-order valence-corrected chi connectivity index (χ1v) is 9.27. The minimum Gasteiger partial charge on any atom is -0.494 e. The zero-order valence-corrected chi connectivity index (χ0v) is 16.3. The molecule has 5 nitrogen and oxygen atoms in total. The smallest absolute Gasteiger partial charge is 0.264 e. The van der Waals surface area contributed by atoms with Gasteiger partial charge in [0.05, 0.1) is 17.8 Å². The maximum atomic E-state index is 13.8. The number of ether oxygens (including phenoxy) is 2. The molecule has 2 aromatic carbocycles. The number of carbonyl (C=O) groups excluding carboxylic acids is 1. The van der Waals surface area contributed by atoms with Crippen LogP contribution in [0.15, 0.2) is 41.8 Å². The monoisotopic (exact) mass is 426 g/mol. The van der Waals surface area contributed by atoms with Crippen molar-refractivity contribution in [3.63, 3.8) is 0 Å². The molecule has 0 saturated heterocycles. The van der Waals surface area contributed by atoms with Crippen molar-refractivity contribution in [1.82, 2.24) is 4.98 Å². The summed E-state index contributed by atoms with van der Waals surface area (Å²) < 4.78 is 24.1. The molecule has 9 heteroatoms. The highest BCUT2D eigenvalue weighted by molar-refractivity contribution is 7.14. The normalized spacial score (nSPS) is 10.5. The van der Waals surface area contributed by atoms with Gasteiger partial charge in [0.25, 0.3) is 5.91 Å². The molecule has 0 atom stereocenters. The molecule has 0 aliphatic rings. The lowest BCUT2D eigenvalue weighted by Gasteiger charge is -2.07. The van der Waals surface area contributed by atoms with Crippen LogP contribution in [0.4, 0.5) is 9.52 Å². The van der Waals surface area contributed by atoms with E-state index >= 15 is 0 Å². The fraction of sp³-hybridized carbons (Fsp3) is 0.111. The number of amides is 1. The number of nitrogens with one attached hydrogen (secondary N) is 1. The molecule has 1 heterocycles. The molecule has 3 rings (SSSR count). The minimum atomic E-state index is -0.484. The standard InChI is InChI=1S/C18H13Cl2FN2O3S/c1-25-16-4-2-10(6-13(16)21)14-9-27-18(22-14)23-17(24)8-26-15-5-3-11(19)7-12(15)20/h2-7,9H,8H2,1H3,(H,22,23,24). The van der Waals surface area contributed by atoms with Crippen LogP contribution in [0, 0.1) is 5.82 Å². The lowest BCUT2D eigenvalue weighted by molar-refractivity contribution is -0.118. The zero-order valence-electron chi connectivity index (χ0n) is 14.0. The van der Waals surface area contributed by atoms with E-state index in [-0.39, 0.29) is 12.4 Å². The van der Waals surface area contributed by atoms with Gasteiger partial charge in [-0.1, -0.05) is 23.2 Å². The van der Waals surface area contributed by atoms with Gasteiger partial charge in [-0.2, -0.15) is 0 Å². The minimum absolute atomic E-state index is 0.153. The van der Waals surface area contributed by atoms with Gasteiger partial charge in [-0.15, -0.1) is 11.3 Å². The molecule has 0 aliphatic heterocycles. The first-order chi connectivity index (χ1) is 13.0. The van der Waals surface area contributed by atoms with E-state index in [0.717, 1.165) is 0 Å². The van der Waals surface area contributed by atoms with Gasteiger partial charge in [0.1, 0.15) is 5.75 Å². The van der Waals surface area contributed by atoms with E-state index in [2.05, 4.69) is 10.3 Å². The maximum Gasteiger partial charge on any atom is 0.264 e. The second-order valence-corrected chi connectivity index (χ2v) is 7.00. The molecule has 0 aliphatic carbocycles. The highest BCUT2D eigenvalue weighted by atomic mass is 35.5.